The number of nitrogens with zero attached hydrogens (tertiary/aromatic N) is 4. The van der Waals surface area contributed by atoms with Crippen LogP contribution in [0.3, 0.4) is 0 Å². The third kappa shape index (κ3) is 5.67. The van der Waals surface area contributed by atoms with Gasteiger partial charge in [0.2, 0.25) is 11.8 Å². The van der Waals surface area contributed by atoms with Gasteiger partial charge < -0.3 is 14.5 Å². The molecule has 2 aliphatic heterocycles. The lowest BCUT2D eigenvalue weighted by molar-refractivity contribution is -0.127. The monoisotopic (exact) mass is 466 g/mol. The molecule has 6 amide bonds. The van der Waals surface area contributed by atoms with E-state index in [0.29, 0.717) is 39.4 Å². The Morgan fingerprint density at radius 2 is 0.970 bits per heavy atom. The number of hydrogen-bond donors (Lipinski definition) is 0. The summed E-state index contributed by atoms with van der Waals surface area (Å²) < 4.78 is 6.27. The Kier molecular flexibility index (Phi) is 9.29. The Balaban J connectivity index is 2.07. The molecule has 188 valence electrons. The van der Waals surface area contributed by atoms with Crippen molar-refractivity contribution >= 4 is 23.9 Å². The van der Waals surface area contributed by atoms with E-state index in [9.17, 15) is 19.2 Å². The minimum atomic E-state index is -0.333. The second-order valence-electron chi connectivity index (χ2n) is 9.46. The molecule has 0 aromatic heterocycles. The molecule has 2 fully saturated rings. The van der Waals surface area contributed by atoms with Crippen LogP contribution in [0.15, 0.2) is 0 Å². The molecule has 0 unspecified atom stereocenters. The molecule has 9 nitrogen and oxygen atoms in total. The van der Waals surface area contributed by atoms with Crippen molar-refractivity contribution in [2.75, 3.05) is 52.5 Å². The van der Waals surface area contributed by atoms with E-state index in [4.69, 9.17) is 4.74 Å². The van der Waals surface area contributed by atoms with E-state index >= 15 is 0 Å². The highest BCUT2D eigenvalue weighted by atomic mass is 16.5. The fraction of sp³-hybridized carbons (Fsp3) is 0.833. The fourth-order valence-corrected chi connectivity index (χ4v) is 4.59. The van der Waals surface area contributed by atoms with Crippen molar-refractivity contribution in [2.24, 2.45) is 10.8 Å². The van der Waals surface area contributed by atoms with E-state index in [1.165, 1.54) is 9.80 Å². The Morgan fingerprint density at radius 3 is 1.21 bits per heavy atom. The minimum Gasteiger partial charge on any atom is -0.380 e. The van der Waals surface area contributed by atoms with Crippen molar-refractivity contribution in [3.8, 4) is 0 Å². The normalized spacial score (nSPS) is 17.9. The van der Waals surface area contributed by atoms with Gasteiger partial charge in [0.25, 0.3) is 0 Å². The molecule has 2 rings (SSSR count). The Hall–Kier alpha value is -2.16. The van der Waals surface area contributed by atoms with Gasteiger partial charge >= 0.3 is 12.1 Å². The van der Waals surface area contributed by atoms with Crippen molar-refractivity contribution in [3.63, 3.8) is 0 Å². The molecule has 0 saturated carbocycles. The molecule has 2 aliphatic rings. The number of rotatable bonds is 14. The molecule has 0 aromatic rings. The molecule has 0 radical (unpaired) electrons. The average molecular weight is 467 g/mol. The highest BCUT2D eigenvalue weighted by Gasteiger charge is 2.43. The lowest BCUT2D eigenvalue weighted by Gasteiger charge is -2.38. The van der Waals surface area contributed by atoms with Crippen molar-refractivity contribution in [1.29, 1.82) is 0 Å². The lowest BCUT2D eigenvalue weighted by atomic mass is 9.81. The quantitative estimate of drug-likeness (QED) is 0.367. The predicted molar refractivity (Wildman–Crippen MR) is 126 cm³/mol. The number of carbonyl (C=O) groups is 4. The first-order valence-corrected chi connectivity index (χ1v) is 12.4. The minimum absolute atomic E-state index is 0.140. The summed E-state index contributed by atoms with van der Waals surface area (Å²) in [4.78, 5) is 56.0. The van der Waals surface area contributed by atoms with Crippen LogP contribution in [0.2, 0.25) is 0 Å². The highest BCUT2D eigenvalue weighted by molar-refractivity contribution is 6.02. The van der Waals surface area contributed by atoms with Crippen LogP contribution < -0.4 is 0 Å². The number of hydrogen-bond acceptors (Lipinski definition) is 5. The van der Waals surface area contributed by atoms with E-state index in [-0.39, 0.29) is 47.8 Å². The number of amides is 6. The summed E-state index contributed by atoms with van der Waals surface area (Å²) in [5.41, 5.74) is -0.666. The van der Waals surface area contributed by atoms with Crippen LogP contribution in [0, 0.1) is 10.8 Å². The second-order valence-corrected chi connectivity index (χ2v) is 9.46. The van der Waals surface area contributed by atoms with Gasteiger partial charge in [0, 0.05) is 37.0 Å². The fourth-order valence-electron chi connectivity index (χ4n) is 4.59. The van der Waals surface area contributed by atoms with Crippen LogP contribution in [-0.4, -0.2) is 96.0 Å². The van der Waals surface area contributed by atoms with Crippen LogP contribution in [0.5, 0.6) is 0 Å². The van der Waals surface area contributed by atoms with Crippen LogP contribution in [0.4, 0.5) is 9.59 Å². The smallest absolute Gasteiger partial charge is 0.327 e. The average Bonchev–Trinajstić information content (AvgIpc) is 3.26. The number of ether oxygens (including phenoxy) is 1. The number of carbonyl (C=O) groups excluding carboxylic acids is 4. The maximum absolute atomic E-state index is 12.6. The van der Waals surface area contributed by atoms with Gasteiger partial charge in [0.05, 0.1) is 13.2 Å². The zero-order valence-electron chi connectivity index (χ0n) is 21.3. The summed E-state index contributed by atoms with van der Waals surface area (Å²) >= 11 is 0. The third-order valence-corrected chi connectivity index (χ3v) is 7.82. The van der Waals surface area contributed by atoms with Gasteiger partial charge in [0.15, 0.2) is 0 Å². The molecule has 0 aliphatic carbocycles. The molecule has 0 spiro atoms. The molecular formula is C24H42N4O5. The molecule has 2 heterocycles. The summed E-state index contributed by atoms with van der Waals surface area (Å²) in [5, 5.41) is 0. The maximum Gasteiger partial charge on any atom is 0.327 e. The topological polar surface area (TPSA) is 90.5 Å². The summed E-state index contributed by atoms with van der Waals surface area (Å²) in [7, 11) is 0. The van der Waals surface area contributed by atoms with Crippen LogP contribution in [0.1, 0.15) is 67.2 Å². The van der Waals surface area contributed by atoms with Crippen LogP contribution in [0.25, 0.3) is 0 Å². The lowest BCUT2D eigenvalue weighted by Crippen LogP contribution is -2.46. The summed E-state index contributed by atoms with van der Waals surface area (Å²) in [5.74, 6) is -0.313. The first kappa shape index (κ1) is 27.1. The molecule has 2 saturated heterocycles. The van der Waals surface area contributed by atoms with E-state index in [1.54, 1.807) is 9.80 Å². The van der Waals surface area contributed by atoms with E-state index in [0.717, 1.165) is 25.7 Å². The number of imide groups is 2. The SMILES string of the molecule is CCN1CC(=O)N(CC(CC)(CC)COCC(CC)(CC)CN2C(=O)CN(CC)C2=O)C1=O. The molecule has 0 bridgehead atoms. The first-order valence-electron chi connectivity index (χ1n) is 12.4. The van der Waals surface area contributed by atoms with E-state index in [1.807, 2.05) is 13.8 Å². The van der Waals surface area contributed by atoms with Gasteiger partial charge in [-0.15, -0.1) is 0 Å². The van der Waals surface area contributed by atoms with E-state index < -0.39 is 0 Å². The third-order valence-electron chi connectivity index (χ3n) is 7.82. The number of urea groups is 2. The van der Waals surface area contributed by atoms with Crippen molar-refractivity contribution in [1.82, 2.24) is 19.6 Å². The number of likely N-dealkylation sites (N-methyl/N-ethyl adjacent to an activating group) is 2. The van der Waals surface area contributed by atoms with Gasteiger partial charge in [-0.3, -0.25) is 19.4 Å². The highest BCUT2D eigenvalue weighted by Crippen LogP contribution is 2.34. The van der Waals surface area contributed by atoms with Crippen LogP contribution >= 0.6 is 0 Å². The zero-order chi connectivity index (χ0) is 24.8. The van der Waals surface area contributed by atoms with Crippen LogP contribution in [-0.2, 0) is 14.3 Å². The van der Waals surface area contributed by atoms with Gasteiger partial charge in [0.1, 0.15) is 13.1 Å². The summed E-state index contributed by atoms with van der Waals surface area (Å²) in [6, 6.07) is -0.450. The molecule has 0 atom stereocenters. The van der Waals surface area contributed by atoms with Gasteiger partial charge in [-0.1, -0.05) is 27.7 Å². The van der Waals surface area contributed by atoms with E-state index in [2.05, 4.69) is 27.7 Å². The summed E-state index contributed by atoms with van der Waals surface area (Å²) in [6.45, 7) is 14.8. The standard InChI is InChI=1S/C24H42N4O5/c1-7-23(8-2,15-27-19(29)13-25(11-5)21(27)31)17-33-18-24(9-3,10-4)16-28-20(30)14-26(12-6)22(28)32/h7-18H2,1-6H3. The first-order chi connectivity index (χ1) is 15.6. The van der Waals surface area contributed by atoms with Crippen molar-refractivity contribution in [3.05, 3.63) is 0 Å². The van der Waals surface area contributed by atoms with Gasteiger partial charge in [-0.25, -0.2) is 9.59 Å². The largest absolute Gasteiger partial charge is 0.380 e. The van der Waals surface area contributed by atoms with Gasteiger partial charge in [-0.2, -0.15) is 0 Å². The molecule has 0 N–H and O–H groups in total. The second kappa shape index (κ2) is 11.3. The van der Waals surface area contributed by atoms with Gasteiger partial charge in [-0.05, 0) is 39.5 Å². The Bertz CT molecular complexity index is 672. The predicted octanol–water partition coefficient (Wildman–Crippen LogP) is 3.18. The van der Waals surface area contributed by atoms with Crippen molar-refractivity contribution in [2.45, 2.75) is 67.2 Å². The van der Waals surface area contributed by atoms with Crippen molar-refractivity contribution < 1.29 is 23.9 Å². The zero-order valence-corrected chi connectivity index (χ0v) is 21.3. The molecule has 9 heteroatoms. The molecule has 0 aromatic carbocycles. The molecular weight excluding hydrogens is 424 g/mol. The summed E-state index contributed by atoms with van der Waals surface area (Å²) in [6.07, 6.45) is 3.08. The molecule has 33 heavy (non-hydrogen) atoms. The Labute approximate surface area is 198 Å². The Morgan fingerprint density at radius 1 is 0.636 bits per heavy atom. The maximum atomic E-state index is 12.6.